The van der Waals surface area contributed by atoms with Gasteiger partial charge in [0.25, 0.3) is 0 Å². The minimum Gasteiger partial charge on any atom is -0.388 e. The van der Waals surface area contributed by atoms with Crippen LogP contribution in [0.1, 0.15) is 18.1 Å². The maximum Gasteiger partial charge on any atom is 0.223 e. The number of carbonyl (C=O) groups excluding carboxylic acids is 1. The first kappa shape index (κ1) is 17.0. The number of thiazole rings is 1. The van der Waals surface area contributed by atoms with Crippen molar-refractivity contribution in [2.45, 2.75) is 20.8 Å². The standard InChI is InChI=1S/C10H10N2OS.C8H11N/c1-6-3-4-8-9(5-6)14-10(12-8)11-7(2)13;1-7-3-5-8(9-2)6-4-7/h3-5H,1-2H3,(H,11,12,13);3-6,9H,1-2H3. The summed E-state index contributed by atoms with van der Waals surface area (Å²) in [5, 5.41) is 6.40. The molecule has 0 spiro atoms. The molecule has 0 saturated heterocycles. The first-order chi connectivity index (χ1) is 11.0. The van der Waals surface area contributed by atoms with Gasteiger partial charge in [-0.1, -0.05) is 35.1 Å². The number of benzene rings is 2. The van der Waals surface area contributed by atoms with E-state index in [9.17, 15) is 4.79 Å². The molecule has 0 aliphatic heterocycles. The van der Waals surface area contributed by atoms with Crippen LogP contribution < -0.4 is 10.6 Å². The summed E-state index contributed by atoms with van der Waals surface area (Å²) >= 11 is 1.50. The van der Waals surface area contributed by atoms with E-state index >= 15 is 0 Å². The van der Waals surface area contributed by atoms with E-state index in [1.165, 1.54) is 35.1 Å². The van der Waals surface area contributed by atoms with Crippen LogP contribution in [-0.2, 0) is 4.79 Å². The molecule has 2 aromatic carbocycles. The van der Waals surface area contributed by atoms with Crippen molar-refractivity contribution in [2.24, 2.45) is 0 Å². The maximum atomic E-state index is 10.8. The highest BCUT2D eigenvalue weighted by Gasteiger charge is 2.04. The average molecular weight is 327 g/mol. The lowest BCUT2D eigenvalue weighted by Crippen LogP contribution is -2.04. The number of fused-ring (bicyclic) bond motifs is 1. The van der Waals surface area contributed by atoms with Crippen molar-refractivity contribution < 1.29 is 4.79 Å². The smallest absolute Gasteiger partial charge is 0.223 e. The van der Waals surface area contributed by atoms with Crippen molar-refractivity contribution in [1.82, 2.24) is 4.98 Å². The third kappa shape index (κ3) is 5.07. The number of rotatable bonds is 2. The lowest BCUT2D eigenvalue weighted by Gasteiger charge is -1.97. The first-order valence-corrected chi connectivity index (χ1v) is 8.19. The summed E-state index contributed by atoms with van der Waals surface area (Å²) in [4.78, 5) is 15.1. The third-order valence-corrected chi connectivity index (χ3v) is 4.10. The maximum absolute atomic E-state index is 10.8. The number of amides is 1. The second-order valence-electron chi connectivity index (χ2n) is 5.29. The molecule has 0 aliphatic carbocycles. The third-order valence-electron chi connectivity index (χ3n) is 3.17. The van der Waals surface area contributed by atoms with Crippen molar-refractivity contribution in [3.05, 3.63) is 53.6 Å². The highest BCUT2D eigenvalue weighted by Crippen LogP contribution is 2.26. The minimum absolute atomic E-state index is 0.0826. The molecule has 4 nitrogen and oxygen atoms in total. The largest absolute Gasteiger partial charge is 0.388 e. The van der Waals surface area contributed by atoms with Crippen molar-refractivity contribution >= 4 is 38.3 Å². The van der Waals surface area contributed by atoms with E-state index in [2.05, 4.69) is 52.9 Å². The predicted molar refractivity (Wildman–Crippen MR) is 99.4 cm³/mol. The normalized spacial score (nSPS) is 9.91. The molecular weight excluding hydrogens is 306 g/mol. The summed E-state index contributed by atoms with van der Waals surface area (Å²) in [6.07, 6.45) is 0. The van der Waals surface area contributed by atoms with Gasteiger partial charge in [0, 0.05) is 19.7 Å². The number of nitrogens with zero attached hydrogens (tertiary/aromatic N) is 1. The molecule has 5 heteroatoms. The second-order valence-corrected chi connectivity index (χ2v) is 6.32. The predicted octanol–water partition coefficient (Wildman–Crippen LogP) is 4.60. The Bertz CT molecular complexity index is 794. The number of aryl methyl sites for hydroxylation is 2. The molecular formula is C18H21N3OS. The van der Waals surface area contributed by atoms with Gasteiger partial charge in [-0.15, -0.1) is 0 Å². The van der Waals surface area contributed by atoms with Gasteiger partial charge in [-0.05, 0) is 43.7 Å². The Balaban J connectivity index is 0.000000185. The summed E-state index contributed by atoms with van der Waals surface area (Å²) in [5.74, 6) is -0.0826. The van der Waals surface area contributed by atoms with Gasteiger partial charge in [-0.2, -0.15) is 0 Å². The van der Waals surface area contributed by atoms with E-state index in [0.717, 1.165) is 10.2 Å². The highest BCUT2D eigenvalue weighted by molar-refractivity contribution is 7.22. The van der Waals surface area contributed by atoms with Crippen LogP contribution in [0, 0.1) is 13.8 Å². The lowest BCUT2D eigenvalue weighted by molar-refractivity contribution is -0.114. The summed E-state index contributed by atoms with van der Waals surface area (Å²) in [7, 11) is 1.92. The molecule has 3 aromatic rings. The fraction of sp³-hybridized carbons (Fsp3) is 0.222. The highest BCUT2D eigenvalue weighted by atomic mass is 32.1. The van der Waals surface area contributed by atoms with Crippen molar-refractivity contribution in [2.75, 3.05) is 17.7 Å². The van der Waals surface area contributed by atoms with Gasteiger partial charge >= 0.3 is 0 Å². The Labute approximate surface area is 140 Å². The second kappa shape index (κ2) is 7.74. The van der Waals surface area contributed by atoms with E-state index in [1.54, 1.807) is 0 Å². The summed E-state index contributed by atoms with van der Waals surface area (Å²) in [6.45, 7) is 5.61. The molecule has 1 aromatic heterocycles. The molecule has 23 heavy (non-hydrogen) atoms. The molecule has 2 N–H and O–H groups in total. The zero-order chi connectivity index (χ0) is 16.8. The number of anilines is 2. The Kier molecular flexibility index (Phi) is 5.71. The Morgan fingerprint density at radius 1 is 1.04 bits per heavy atom. The Morgan fingerprint density at radius 2 is 1.70 bits per heavy atom. The van der Waals surface area contributed by atoms with Gasteiger partial charge in [-0.3, -0.25) is 4.79 Å². The van der Waals surface area contributed by atoms with Crippen LogP contribution in [0.25, 0.3) is 10.2 Å². The number of nitrogens with one attached hydrogen (secondary N) is 2. The van der Waals surface area contributed by atoms with Gasteiger partial charge < -0.3 is 10.6 Å². The van der Waals surface area contributed by atoms with E-state index in [0.29, 0.717) is 5.13 Å². The summed E-state index contributed by atoms with van der Waals surface area (Å²) in [5.41, 5.74) is 4.61. The number of hydrogen-bond acceptors (Lipinski definition) is 4. The quantitative estimate of drug-likeness (QED) is 0.723. The fourth-order valence-corrected chi connectivity index (χ4v) is 2.97. The molecule has 0 radical (unpaired) electrons. The van der Waals surface area contributed by atoms with Crippen molar-refractivity contribution in [3.8, 4) is 0 Å². The molecule has 1 amide bonds. The number of hydrogen-bond donors (Lipinski definition) is 2. The molecule has 0 aliphatic rings. The fourth-order valence-electron chi connectivity index (χ4n) is 1.96. The van der Waals surface area contributed by atoms with Gasteiger partial charge in [0.1, 0.15) is 0 Å². The van der Waals surface area contributed by atoms with E-state index in [1.807, 2.05) is 26.1 Å². The van der Waals surface area contributed by atoms with Crippen molar-refractivity contribution in [1.29, 1.82) is 0 Å². The van der Waals surface area contributed by atoms with E-state index in [4.69, 9.17) is 0 Å². The van der Waals surface area contributed by atoms with Crippen LogP contribution in [0.4, 0.5) is 10.8 Å². The molecule has 0 atom stereocenters. The minimum atomic E-state index is -0.0826. The topological polar surface area (TPSA) is 54.0 Å². The van der Waals surface area contributed by atoms with Gasteiger partial charge in [0.2, 0.25) is 5.91 Å². The van der Waals surface area contributed by atoms with Gasteiger partial charge in [0.05, 0.1) is 10.2 Å². The first-order valence-electron chi connectivity index (χ1n) is 7.37. The molecule has 120 valence electrons. The van der Waals surface area contributed by atoms with Crippen LogP contribution in [0.3, 0.4) is 0 Å². The zero-order valence-electron chi connectivity index (χ0n) is 13.8. The summed E-state index contributed by atoms with van der Waals surface area (Å²) in [6, 6.07) is 14.4. The monoisotopic (exact) mass is 327 g/mol. The van der Waals surface area contributed by atoms with Crippen LogP contribution in [0.15, 0.2) is 42.5 Å². The van der Waals surface area contributed by atoms with Gasteiger partial charge in [0.15, 0.2) is 5.13 Å². The number of carbonyl (C=O) groups is 1. The van der Waals surface area contributed by atoms with Crippen LogP contribution >= 0.6 is 11.3 Å². The number of aromatic nitrogens is 1. The molecule has 0 saturated carbocycles. The zero-order valence-corrected chi connectivity index (χ0v) is 14.6. The lowest BCUT2D eigenvalue weighted by atomic mass is 10.2. The average Bonchev–Trinajstić information content (AvgIpc) is 2.89. The SMILES string of the molecule is CC(=O)Nc1nc2ccc(C)cc2s1.CNc1ccc(C)cc1. The molecule has 0 bridgehead atoms. The molecule has 1 heterocycles. The Morgan fingerprint density at radius 3 is 2.30 bits per heavy atom. The van der Waals surface area contributed by atoms with E-state index < -0.39 is 0 Å². The van der Waals surface area contributed by atoms with Gasteiger partial charge in [-0.25, -0.2) is 4.98 Å². The Hall–Kier alpha value is -2.40. The van der Waals surface area contributed by atoms with E-state index in [-0.39, 0.29) is 5.91 Å². The van der Waals surface area contributed by atoms with Crippen LogP contribution in [0.2, 0.25) is 0 Å². The molecule has 0 fully saturated rings. The molecule has 0 unspecified atom stereocenters. The van der Waals surface area contributed by atoms with Crippen LogP contribution in [-0.4, -0.2) is 17.9 Å². The van der Waals surface area contributed by atoms with Crippen LogP contribution in [0.5, 0.6) is 0 Å². The van der Waals surface area contributed by atoms with Crippen molar-refractivity contribution in [3.63, 3.8) is 0 Å². The molecule has 3 rings (SSSR count). The summed E-state index contributed by atoms with van der Waals surface area (Å²) < 4.78 is 1.11.